The molecule has 3 nitrogen and oxygen atoms in total. The molecule has 0 aliphatic rings. The highest BCUT2D eigenvalue weighted by Crippen LogP contribution is 2.14. The monoisotopic (exact) mass is 216 g/mol. The summed E-state index contributed by atoms with van der Waals surface area (Å²) >= 11 is 0. The maximum absolute atomic E-state index is 11.6. The van der Waals surface area contributed by atoms with Crippen molar-refractivity contribution < 1.29 is 27.8 Å². The number of hydrogen-bond acceptors (Lipinski definition) is 3. The van der Waals surface area contributed by atoms with Gasteiger partial charge < -0.3 is 14.6 Å². The fraction of sp³-hybridized carbons (Fsp3) is 1.00. The van der Waals surface area contributed by atoms with Crippen LogP contribution in [0.15, 0.2) is 0 Å². The van der Waals surface area contributed by atoms with E-state index in [0.29, 0.717) is 0 Å². The van der Waals surface area contributed by atoms with E-state index in [1.54, 1.807) is 13.8 Å². The summed E-state index contributed by atoms with van der Waals surface area (Å²) in [5.74, 6) is 0. The summed E-state index contributed by atoms with van der Waals surface area (Å²) in [6.07, 6.45) is -5.43. The summed E-state index contributed by atoms with van der Waals surface area (Å²) in [7, 11) is 0. The molecule has 1 N–H and O–H groups in total. The molecule has 0 aromatic heterocycles. The van der Waals surface area contributed by atoms with Crippen molar-refractivity contribution in [1.29, 1.82) is 0 Å². The van der Waals surface area contributed by atoms with Crippen LogP contribution < -0.4 is 0 Å². The van der Waals surface area contributed by atoms with Gasteiger partial charge in [0.15, 0.2) is 0 Å². The number of rotatable bonds is 6. The molecule has 0 aliphatic heterocycles. The first-order valence-corrected chi connectivity index (χ1v) is 4.25. The second kappa shape index (κ2) is 6.21. The Hall–Kier alpha value is -0.330. The lowest BCUT2D eigenvalue weighted by molar-refractivity contribution is -0.181. The summed E-state index contributed by atoms with van der Waals surface area (Å²) < 4.78 is 44.0. The zero-order chi connectivity index (χ0) is 11.2. The zero-order valence-electron chi connectivity index (χ0n) is 8.17. The fourth-order valence-corrected chi connectivity index (χ4v) is 0.662. The van der Waals surface area contributed by atoms with Gasteiger partial charge in [-0.2, -0.15) is 13.2 Å². The summed E-state index contributed by atoms with van der Waals surface area (Å²) in [5.41, 5.74) is 0. The molecule has 1 unspecified atom stereocenters. The first-order valence-electron chi connectivity index (χ1n) is 4.25. The van der Waals surface area contributed by atoms with Crippen molar-refractivity contribution in [1.82, 2.24) is 0 Å². The van der Waals surface area contributed by atoms with Crippen molar-refractivity contribution in [3.63, 3.8) is 0 Å². The Morgan fingerprint density at radius 2 is 1.79 bits per heavy atom. The molecule has 0 bridgehead atoms. The largest absolute Gasteiger partial charge is 0.411 e. The molecule has 0 aromatic rings. The molecule has 14 heavy (non-hydrogen) atoms. The molecule has 86 valence electrons. The van der Waals surface area contributed by atoms with E-state index in [-0.39, 0.29) is 19.3 Å². The van der Waals surface area contributed by atoms with E-state index in [9.17, 15) is 13.2 Å². The van der Waals surface area contributed by atoms with Crippen LogP contribution in [0, 0.1) is 0 Å². The quantitative estimate of drug-likeness (QED) is 0.728. The third kappa shape index (κ3) is 9.76. The van der Waals surface area contributed by atoms with E-state index < -0.39 is 18.9 Å². The standard InChI is InChI=1S/C8H15F3O3/c1-6(2)14-4-7(12)3-13-5-8(9,10)11/h6-7,12H,3-5H2,1-2H3. The molecular weight excluding hydrogens is 201 g/mol. The van der Waals surface area contributed by atoms with Crippen LogP contribution in [0.1, 0.15) is 13.8 Å². The first-order chi connectivity index (χ1) is 6.31. The van der Waals surface area contributed by atoms with Gasteiger partial charge >= 0.3 is 6.18 Å². The van der Waals surface area contributed by atoms with E-state index in [1.807, 2.05) is 0 Å². The maximum atomic E-state index is 11.6. The highest BCUT2D eigenvalue weighted by Gasteiger charge is 2.27. The van der Waals surface area contributed by atoms with Gasteiger partial charge in [-0.1, -0.05) is 0 Å². The second-order valence-electron chi connectivity index (χ2n) is 3.17. The summed E-state index contributed by atoms with van der Waals surface area (Å²) in [6.45, 7) is 1.81. The van der Waals surface area contributed by atoms with Crippen LogP contribution in [0.4, 0.5) is 13.2 Å². The van der Waals surface area contributed by atoms with Crippen LogP contribution in [-0.4, -0.2) is 43.3 Å². The predicted molar refractivity (Wildman–Crippen MR) is 44.0 cm³/mol. The van der Waals surface area contributed by atoms with Gasteiger partial charge in [-0.3, -0.25) is 0 Å². The molecule has 0 radical (unpaired) electrons. The molecule has 6 heteroatoms. The van der Waals surface area contributed by atoms with Crippen molar-refractivity contribution in [2.24, 2.45) is 0 Å². The molecule has 0 spiro atoms. The van der Waals surface area contributed by atoms with Gasteiger partial charge in [0, 0.05) is 0 Å². The van der Waals surface area contributed by atoms with Gasteiger partial charge in [-0.25, -0.2) is 0 Å². The first kappa shape index (κ1) is 13.7. The number of hydrogen-bond donors (Lipinski definition) is 1. The molecule has 0 amide bonds. The van der Waals surface area contributed by atoms with Crippen LogP contribution in [0.2, 0.25) is 0 Å². The minimum atomic E-state index is -4.35. The Morgan fingerprint density at radius 3 is 2.21 bits per heavy atom. The van der Waals surface area contributed by atoms with Crippen molar-refractivity contribution in [2.45, 2.75) is 32.2 Å². The van der Waals surface area contributed by atoms with E-state index >= 15 is 0 Å². The zero-order valence-corrected chi connectivity index (χ0v) is 8.17. The van der Waals surface area contributed by atoms with E-state index in [1.165, 1.54) is 0 Å². The van der Waals surface area contributed by atoms with Crippen molar-refractivity contribution in [2.75, 3.05) is 19.8 Å². The van der Waals surface area contributed by atoms with Gasteiger partial charge in [-0.15, -0.1) is 0 Å². The minimum Gasteiger partial charge on any atom is -0.388 e. The van der Waals surface area contributed by atoms with Crippen LogP contribution in [-0.2, 0) is 9.47 Å². The van der Waals surface area contributed by atoms with Gasteiger partial charge in [0.25, 0.3) is 0 Å². The number of alkyl halides is 3. The van der Waals surface area contributed by atoms with Crippen LogP contribution >= 0.6 is 0 Å². The highest BCUT2D eigenvalue weighted by atomic mass is 19.4. The third-order valence-electron chi connectivity index (χ3n) is 1.20. The van der Waals surface area contributed by atoms with E-state index in [4.69, 9.17) is 9.84 Å². The molecule has 0 heterocycles. The predicted octanol–water partition coefficient (Wildman–Crippen LogP) is 1.35. The van der Waals surface area contributed by atoms with Crippen molar-refractivity contribution in [3.8, 4) is 0 Å². The van der Waals surface area contributed by atoms with E-state index in [2.05, 4.69) is 4.74 Å². The molecule has 0 rings (SSSR count). The Morgan fingerprint density at radius 1 is 1.21 bits per heavy atom. The van der Waals surface area contributed by atoms with Gasteiger partial charge in [-0.05, 0) is 13.8 Å². The summed E-state index contributed by atoms with van der Waals surface area (Å²) in [6, 6.07) is 0. The Bertz CT molecular complexity index is 147. The number of aliphatic hydroxyl groups excluding tert-OH is 1. The second-order valence-corrected chi connectivity index (χ2v) is 3.17. The van der Waals surface area contributed by atoms with Gasteiger partial charge in [0.05, 0.1) is 19.3 Å². The Kier molecular flexibility index (Phi) is 6.06. The van der Waals surface area contributed by atoms with Gasteiger partial charge in [0.2, 0.25) is 0 Å². The molecule has 0 saturated heterocycles. The average Bonchev–Trinajstić information content (AvgIpc) is 1.98. The Balaban J connectivity index is 3.40. The lowest BCUT2D eigenvalue weighted by atomic mass is 10.4. The molecule has 1 atom stereocenters. The highest BCUT2D eigenvalue weighted by molar-refractivity contribution is 4.54. The smallest absolute Gasteiger partial charge is 0.388 e. The van der Waals surface area contributed by atoms with Gasteiger partial charge in [0.1, 0.15) is 12.7 Å². The minimum absolute atomic E-state index is 0.0183. The number of halogens is 3. The van der Waals surface area contributed by atoms with Crippen LogP contribution in [0.5, 0.6) is 0 Å². The molecule has 0 aromatic carbocycles. The van der Waals surface area contributed by atoms with Crippen molar-refractivity contribution in [3.05, 3.63) is 0 Å². The molecular formula is C8H15F3O3. The normalized spacial score (nSPS) is 14.8. The lowest BCUT2D eigenvalue weighted by Gasteiger charge is -2.14. The number of ether oxygens (including phenoxy) is 2. The fourth-order valence-electron chi connectivity index (χ4n) is 0.662. The molecule has 0 saturated carbocycles. The maximum Gasteiger partial charge on any atom is 0.411 e. The third-order valence-corrected chi connectivity index (χ3v) is 1.20. The summed E-state index contributed by atoms with van der Waals surface area (Å²) in [5, 5.41) is 9.08. The lowest BCUT2D eigenvalue weighted by Crippen LogP contribution is -2.27. The molecule has 0 aliphatic carbocycles. The summed E-state index contributed by atoms with van der Waals surface area (Å²) in [4.78, 5) is 0. The topological polar surface area (TPSA) is 38.7 Å². The van der Waals surface area contributed by atoms with Crippen molar-refractivity contribution >= 4 is 0 Å². The SMILES string of the molecule is CC(C)OCC(O)COCC(F)(F)F. The number of aliphatic hydroxyl groups is 1. The molecule has 0 fully saturated rings. The average molecular weight is 216 g/mol. The van der Waals surface area contributed by atoms with Crippen LogP contribution in [0.25, 0.3) is 0 Å². The Labute approximate surface area is 80.8 Å². The van der Waals surface area contributed by atoms with Crippen LogP contribution in [0.3, 0.4) is 0 Å². The van der Waals surface area contributed by atoms with E-state index in [0.717, 1.165) is 0 Å².